The second-order valence-corrected chi connectivity index (χ2v) is 10.8. The summed E-state index contributed by atoms with van der Waals surface area (Å²) in [5, 5.41) is 3.12. The first kappa shape index (κ1) is 27.7. The van der Waals surface area contributed by atoms with Crippen LogP contribution in [-0.4, -0.2) is 49.3 Å². The average molecular weight is 461 g/mol. The van der Waals surface area contributed by atoms with Crippen LogP contribution >= 0.6 is 0 Å². The van der Waals surface area contributed by atoms with Crippen LogP contribution in [0.15, 0.2) is 24.3 Å². The molecule has 0 bridgehead atoms. The van der Waals surface area contributed by atoms with E-state index in [1.807, 2.05) is 24.3 Å². The molecule has 1 aromatic carbocycles. The minimum Gasteiger partial charge on any atom is -0.494 e. The van der Waals surface area contributed by atoms with Crippen LogP contribution in [0, 0.1) is 17.8 Å². The Bertz CT molecular complexity index is 677. The molecule has 1 N–H and O–H groups in total. The van der Waals surface area contributed by atoms with E-state index in [4.69, 9.17) is 9.47 Å². The molecule has 1 heterocycles. The topological polar surface area (TPSA) is 50.8 Å². The van der Waals surface area contributed by atoms with Crippen molar-refractivity contribution < 1.29 is 14.3 Å². The summed E-state index contributed by atoms with van der Waals surface area (Å²) in [6, 6.07) is 7.74. The highest BCUT2D eigenvalue weighted by atomic mass is 16.5. The Morgan fingerprint density at radius 2 is 1.79 bits per heavy atom. The Balaban J connectivity index is 1.90. The first-order valence-corrected chi connectivity index (χ1v) is 13.1. The number of benzene rings is 1. The van der Waals surface area contributed by atoms with Gasteiger partial charge in [-0.1, -0.05) is 41.5 Å². The summed E-state index contributed by atoms with van der Waals surface area (Å²) < 4.78 is 12.2. The number of nitrogens with zero attached hydrogens (tertiary/aromatic N) is 1. The van der Waals surface area contributed by atoms with Gasteiger partial charge in [-0.3, -0.25) is 4.79 Å². The van der Waals surface area contributed by atoms with E-state index in [9.17, 15) is 4.79 Å². The van der Waals surface area contributed by atoms with E-state index < -0.39 is 5.60 Å². The van der Waals surface area contributed by atoms with E-state index in [1.165, 1.54) is 25.9 Å². The maximum Gasteiger partial charge on any atom is 0.256 e. The third-order valence-corrected chi connectivity index (χ3v) is 6.21. The molecule has 1 amide bonds. The van der Waals surface area contributed by atoms with Crippen molar-refractivity contribution in [1.82, 2.24) is 4.90 Å². The molecule has 1 fully saturated rings. The van der Waals surface area contributed by atoms with Gasteiger partial charge in [-0.05, 0) is 87.1 Å². The van der Waals surface area contributed by atoms with Crippen molar-refractivity contribution in [3.63, 3.8) is 0 Å². The molecular weight excluding hydrogens is 412 g/mol. The number of rotatable bonds is 14. The van der Waals surface area contributed by atoms with Gasteiger partial charge in [0.1, 0.15) is 11.4 Å². The van der Waals surface area contributed by atoms with Gasteiger partial charge in [0.15, 0.2) is 0 Å². The van der Waals surface area contributed by atoms with Gasteiger partial charge < -0.3 is 19.7 Å². The Morgan fingerprint density at radius 1 is 1.12 bits per heavy atom. The van der Waals surface area contributed by atoms with Gasteiger partial charge in [-0.2, -0.15) is 0 Å². The fraction of sp³-hybridized carbons (Fsp3) is 0.750. The van der Waals surface area contributed by atoms with E-state index in [2.05, 4.69) is 51.8 Å². The number of carbonyl (C=O) groups excluding carboxylic acids is 1. The number of amides is 1. The highest BCUT2D eigenvalue weighted by Gasteiger charge is 2.40. The van der Waals surface area contributed by atoms with E-state index in [1.54, 1.807) is 0 Å². The van der Waals surface area contributed by atoms with Gasteiger partial charge >= 0.3 is 0 Å². The van der Waals surface area contributed by atoms with E-state index in [-0.39, 0.29) is 5.91 Å². The van der Waals surface area contributed by atoms with Crippen LogP contribution in [0.25, 0.3) is 0 Å². The van der Waals surface area contributed by atoms with Crippen LogP contribution < -0.4 is 10.1 Å². The van der Waals surface area contributed by atoms with Crippen LogP contribution in [0.5, 0.6) is 5.75 Å². The van der Waals surface area contributed by atoms with Crippen molar-refractivity contribution in [2.45, 2.75) is 85.7 Å². The van der Waals surface area contributed by atoms with Gasteiger partial charge in [0.05, 0.1) is 6.61 Å². The standard InChI is InChI=1S/C28H48N2O3/c1-7-17-33-28(19-22(2)3,20-23(4)5)27(31)29-25-11-13-26(14-12-25)32-18-9-16-30-15-8-10-24(6)21-30/h11-14,22-24H,7-10,15-21H2,1-6H3,(H,29,31)/t24-/m1/s1. The van der Waals surface area contributed by atoms with Crippen molar-refractivity contribution in [2.75, 3.05) is 38.2 Å². The molecular formula is C28H48N2O3. The van der Waals surface area contributed by atoms with E-state index in [0.29, 0.717) is 37.9 Å². The first-order valence-electron chi connectivity index (χ1n) is 13.1. The van der Waals surface area contributed by atoms with Crippen molar-refractivity contribution in [1.29, 1.82) is 0 Å². The number of likely N-dealkylation sites (tertiary alicyclic amines) is 1. The molecule has 0 aromatic heterocycles. The number of hydrogen-bond donors (Lipinski definition) is 1. The molecule has 1 atom stereocenters. The van der Waals surface area contributed by atoms with Gasteiger partial charge in [0.25, 0.3) is 5.91 Å². The van der Waals surface area contributed by atoms with Crippen molar-refractivity contribution >= 4 is 11.6 Å². The normalized spacial score (nSPS) is 17.5. The Labute approximate surface area is 202 Å². The third kappa shape index (κ3) is 9.66. The second-order valence-electron chi connectivity index (χ2n) is 10.8. The fourth-order valence-corrected chi connectivity index (χ4v) is 4.92. The predicted molar refractivity (Wildman–Crippen MR) is 138 cm³/mol. The minimum absolute atomic E-state index is 0.0391. The Kier molecular flexibility index (Phi) is 11.7. The molecule has 0 aliphatic carbocycles. The number of carbonyl (C=O) groups is 1. The molecule has 33 heavy (non-hydrogen) atoms. The first-order chi connectivity index (χ1) is 15.7. The fourth-order valence-electron chi connectivity index (χ4n) is 4.92. The third-order valence-electron chi connectivity index (χ3n) is 6.21. The Morgan fingerprint density at radius 3 is 2.36 bits per heavy atom. The highest BCUT2D eigenvalue weighted by molar-refractivity contribution is 5.97. The largest absolute Gasteiger partial charge is 0.494 e. The molecule has 0 unspecified atom stereocenters. The number of ether oxygens (including phenoxy) is 2. The van der Waals surface area contributed by atoms with Crippen molar-refractivity contribution in [2.24, 2.45) is 17.8 Å². The molecule has 2 rings (SSSR count). The zero-order valence-electron chi connectivity index (χ0n) is 22.0. The second kappa shape index (κ2) is 14.0. The number of anilines is 1. The molecule has 0 radical (unpaired) electrons. The SMILES string of the molecule is CCCOC(CC(C)C)(CC(C)C)C(=O)Nc1ccc(OCCCN2CCC[C@@H](C)C2)cc1. The molecule has 1 saturated heterocycles. The number of hydrogen-bond acceptors (Lipinski definition) is 4. The van der Waals surface area contributed by atoms with Gasteiger partial charge in [0, 0.05) is 25.4 Å². The average Bonchev–Trinajstić information content (AvgIpc) is 2.75. The van der Waals surface area contributed by atoms with Crippen LogP contribution in [0.3, 0.4) is 0 Å². The van der Waals surface area contributed by atoms with Crippen LogP contribution in [0.4, 0.5) is 5.69 Å². The molecule has 1 aliphatic rings. The number of nitrogens with one attached hydrogen (secondary N) is 1. The molecule has 1 aliphatic heterocycles. The minimum atomic E-state index is -0.792. The quantitative estimate of drug-likeness (QED) is 0.327. The molecule has 1 aromatic rings. The van der Waals surface area contributed by atoms with E-state index in [0.717, 1.165) is 36.7 Å². The van der Waals surface area contributed by atoms with Crippen molar-refractivity contribution in [3.05, 3.63) is 24.3 Å². The molecule has 188 valence electrons. The lowest BCUT2D eigenvalue weighted by Crippen LogP contribution is -2.47. The van der Waals surface area contributed by atoms with Crippen LogP contribution in [0.2, 0.25) is 0 Å². The zero-order chi connectivity index (χ0) is 24.3. The summed E-state index contributed by atoms with van der Waals surface area (Å²) >= 11 is 0. The molecule has 0 spiro atoms. The lowest BCUT2D eigenvalue weighted by atomic mass is 9.83. The summed E-state index contributed by atoms with van der Waals surface area (Å²) in [6.07, 6.45) is 6.04. The summed E-state index contributed by atoms with van der Waals surface area (Å²) in [5.74, 6) is 2.36. The van der Waals surface area contributed by atoms with E-state index >= 15 is 0 Å². The smallest absolute Gasteiger partial charge is 0.256 e. The van der Waals surface area contributed by atoms with Crippen molar-refractivity contribution in [3.8, 4) is 5.75 Å². The summed E-state index contributed by atoms with van der Waals surface area (Å²) in [5.41, 5.74) is -0.00827. The number of piperidine rings is 1. The monoisotopic (exact) mass is 460 g/mol. The highest BCUT2D eigenvalue weighted by Crippen LogP contribution is 2.31. The summed E-state index contributed by atoms with van der Waals surface area (Å²) in [4.78, 5) is 16.0. The summed E-state index contributed by atoms with van der Waals surface area (Å²) in [6.45, 7) is 17.9. The van der Waals surface area contributed by atoms with Gasteiger partial charge in [0.2, 0.25) is 0 Å². The van der Waals surface area contributed by atoms with Crippen LogP contribution in [0.1, 0.15) is 80.1 Å². The maximum atomic E-state index is 13.4. The summed E-state index contributed by atoms with van der Waals surface area (Å²) in [7, 11) is 0. The van der Waals surface area contributed by atoms with Crippen LogP contribution in [-0.2, 0) is 9.53 Å². The molecule has 5 nitrogen and oxygen atoms in total. The Hall–Kier alpha value is -1.59. The molecule has 5 heteroatoms. The lowest BCUT2D eigenvalue weighted by Gasteiger charge is -2.35. The van der Waals surface area contributed by atoms with Gasteiger partial charge in [-0.25, -0.2) is 0 Å². The zero-order valence-corrected chi connectivity index (χ0v) is 22.0. The maximum absolute atomic E-state index is 13.4. The molecule has 0 saturated carbocycles. The lowest BCUT2D eigenvalue weighted by molar-refractivity contribution is -0.147. The van der Waals surface area contributed by atoms with Gasteiger partial charge in [-0.15, -0.1) is 0 Å². The predicted octanol–water partition coefficient (Wildman–Crippen LogP) is 6.38.